The van der Waals surface area contributed by atoms with Crippen molar-refractivity contribution >= 4 is 5.78 Å². The zero-order chi connectivity index (χ0) is 15.0. The minimum atomic E-state index is -0.00140. The van der Waals surface area contributed by atoms with Crippen molar-refractivity contribution in [2.75, 3.05) is 0 Å². The number of ketones is 1. The number of pyridine rings is 1. The van der Waals surface area contributed by atoms with Crippen molar-refractivity contribution in [2.45, 2.75) is 45.4 Å². The van der Waals surface area contributed by atoms with Gasteiger partial charge in [0.05, 0.1) is 17.3 Å². The predicted octanol–water partition coefficient (Wildman–Crippen LogP) is 2.66. The van der Waals surface area contributed by atoms with Crippen LogP contribution in [0.3, 0.4) is 0 Å². The summed E-state index contributed by atoms with van der Waals surface area (Å²) in [6, 6.07) is 4.04. The van der Waals surface area contributed by atoms with Gasteiger partial charge in [-0.1, -0.05) is 6.07 Å². The van der Waals surface area contributed by atoms with Gasteiger partial charge in [0.25, 0.3) is 0 Å². The van der Waals surface area contributed by atoms with Gasteiger partial charge >= 0.3 is 0 Å². The Morgan fingerprint density at radius 1 is 1.43 bits per heavy atom. The van der Waals surface area contributed by atoms with E-state index in [0.717, 1.165) is 36.3 Å². The second kappa shape index (κ2) is 5.43. The summed E-state index contributed by atoms with van der Waals surface area (Å²) in [5.41, 5.74) is 5.65. The lowest BCUT2D eigenvalue weighted by atomic mass is 9.95. The van der Waals surface area contributed by atoms with E-state index in [4.69, 9.17) is 0 Å². The molecule has 2 heterocycles. The average Bonchev–Trinajstić information content (AvgIpc) is 3.00. The number of aryl methyl sites for hydroxylation is 3. The lowest BCUT2D eigenvalue weighted by Gasteiger charge is -2.09. The zero-order valence-corrected chi connectivity index (χ0v) is 12.9. The maximum absolute atomic E-state index is 12.5. The summed E-state index contributed by atoms with van der Waals surface area (Å²) >= 11 is 0. The van der Waals surface area contributed by atoms with Crippen LogP contribution in [0.25, 0.3) is 0 Å². The molecule has 0 saturated heterocycles. The second-order valence-corrected chi connectivity index (χ2v) is 5.88. The summed E-state index contributed by atoms with van der Waals surface area (Å²) in [5.74, 6) is 0.314. The summed E-state index contributed by atoms with van der Waals surface area (Å²) in [4.78, 5) is 17.0. The highest BCUT2D eigenvalue weighted by molar-refractivity contribution is 5.86. The van der Waals surface area contributed by atoms with Crippen molar-refractivity contribution in [1.82, 2.24) is 14.8 Å². The number of hydrogen-bond donors (Lipinski definition) is 0. The largest absolute Gasteiger partial charge is 0.299 e. The fourth-order valence-corrected chi connectivity index (χ4v) is 3.33. The van der Waals surface area contributed by atoms with E-state index < -0.39 is 0 Å². The molecule has 2 aromatic heterocycles. The number of rotatable bonds is 4. The maximum atomic E-state index is 12.5. The molecule has 0 amide bonds. The number of carbonyl (C=O) groups is 1. The molecule has 1 aliphatic rings. The Morgan fingerprint density at radius 2 is 2.24 bits per heavy atom. The number of nitrogens with zero attached hydrogens (tertiary/aromatic N) is 3. The van der Waals surface area contributed by atoms with Gasteiger partial charge in [-0.15, -0.1) is 0 Å². The van der Waals surface area contributed by atoms with Gasteiger partial charge in [-0.2, -0.15) is 5.10 Å². The van der Waals surface area contributed by atoms with Gasteiger partial charge in [0.2, 0.25) is 0 Å². The third kappa shape index (κ3) is 2.50. The van der Waals surface area contributed by atoms with Gasteiger partial charge in [0, 0.05) is 25.4 Å². The Morgan fingerprint density at radius 3 is 2.95 bits per heavy atom. The lowest BCUT2D eigenvalue weighted by Crippen LogP contribution is -2.12. The van der Waals surface area contributed by atoms with E-state index in [-0.39, 0.29) is 5.92 Å². The summed E-state index contributed by atoms with van der Waals surface area (Å²) in [5, 5.41) is 4.42. The third-order valence-corrected chi connectivity index (χ3v) is 4.63. The van der Waals surface area contributed by atoms with Crippen molar-refractivity contribution in [1.29, 1.82) is 0 Å². The molecule has 0 aromatic carbocycles. The molecule has 0 fully saturated rings. The normalized spacial score (nSPS) is 17.0. The smallest absolute Gasteiger partial charge is 0.142 e. The fourth-order valence-electron chi connectivity index (χ4n) is 3.33. The van der Waals surface area contributed by atoms with E-state index >= 15 is 0 Å². The van der Waals surface area contributed by atoms with E-state index in [0.29, 0.717) is 12.2 Å². The minimum Gasteiger partial charge on any atom is -0.299 e. The average molecular weight is 283 g/mol. The second-order valence-electron chi connectivity index (χ2n) is 5.88. The van der Waals surface area contributed by atoms with Crippen molar-refractivity contribution in [3.8, 4) is 0 Å². The molecule has 1 unspecified atom stereocenters. The molecule has 1 atom stereocenters. The standard InChI is InChI=1S/C17H21N3O/c1-11-14(12(2)20(3)19-11)8-9-16(21)15-7-6-13-5-4-10-18-17(13)15/h4-5,10,15H,6-9H2,1-3H3. The van der Waals surface area contributed by atoms with Crippen LogP contribution >= 0.6 is 0 Å². The van der Waals surface area contributed by atoms with Gasteiger partial charge in [-0.3, -0.25) is 14.5 Å². The molecule has 0 spiro atoms. The Hall–Kier alpha value is -1.97. The highest BCUT2D eigenvalue weighted by atomic mass is 16.1. The molecule has 0 aliphatic heterocycles. The van der Waals surface area contributed by atoms with Crippen LogP contribution in [0.15, 0.2) is 18.3 Å². The molecule has 3 rings (SSSR count). The number of carbonyl (C=O) groups excluding carboxylic acids is 1. The van der Waals surface area contributed by atoms with E-state index in [2.05, 4.69) is 23.1 Å². The van der Waals surface area contributed by atoms with Crippen LogP contribution < -0.4 is 0 Å². The summed E-state index contributed by atoms with van der Waals surface area (Å²) in [7, 11) is 1.95. The first-order chi connectivity index (χ1) is 10.1. The summed E-state index contributed by atoms with van der Waals surface area (Å²) < 4.78 is 1.89. The van der Waals surface area contributed by atoms with Gasteiger partial charge in [0.1, 0.15) is 5.78 Å². The molecule has 1 aliphatic carbocycles. The molecular weight excluding hydrogens is 262 g/mol. The van der Waals surface area contributed by atoms with Crippen molar-refractivity contribution < 1.29 is 4.79 Å². The Balaban J connectivity index is 1.71. The number of hydrogen-bond acceptors (Lipinski definition) is 3. The van der Waals surface area contributed by atoms with Crippen molar-refractivity contribution in [3.05, 3.63) is 46.5 Å². The van der Waals surface area contributed by atoms with Crippen molar-refractivity contribution in [3.63, 3.8) is 0 Å². The van der Waals surface area contributed by atoms with Crippen LogP contribution in [0.5, 0.6) is 0 Å². The first-order valence-corrected chi connectivity index (χ1v) is 7.53. The number of aromatic nitrogens is 3. The first-order valence-electron chi connectivity index (χ1n) is 7.53. The minimum absolute atomic E-state index is 0.00140. The van der Waals surface area contributed by atoms with Crippen LogP contribution in [0, 0.1) is 13.8 Å². The van der Waals surface area contributed by atoms with Gasteiger partial charge < -0.3 is 0 Å². The molecule has 110 valence electrons. The van der Waals surface area contributed by atoms with Gasteiger partial charge in [-0.25, -0.2) is 0 Å². The molecule has 0 saturated carbocycles. The topological polar surface area (TPSA) is 47.8 Å². The van der Waals surface area contributed by atoms with Crippen LogP contribution in [0.2, 0.25) is 0 Å². The molecule has 4 nitrogen and oxygen atoms in total. The van der Waals surface area contributed by atoms with Crippen LogP contribution in [0.4, 0.5) is 0 Å². The third-order valence-electron chi connectivity index (χ3n) is 4.63. The molecule has 4 heteroatoms. The quantitative estimate of drug-likeness (QED) is 0.866. The van der Waals surface area contributed by atoms with E-state index in [1.54, 1.807) is 6.20 Å². The monoisotopic (exact) mass is 283 g/mol. The molecule has 0 radical (unpaired) electrons. The lowest BCUT2D eigenvalue weighted by molar-refractivity contribution is -0.120. The number of fused-ring (bicyclic) bond motifs is 1. The first kappa shape index (κ1) is 14.0. The van der Waals surface area contributed by atoms with Crippen LogP contribution in [0.1, 0.15) is 47.0 Å². The fraction of sp³-hybridized carbons (Fsp3) is 0.471. The Labute approximate surface area is 125 Å². The van der Waals surface area contributed by atoms with Crippen LogP contribution in [-0.4, -0.2) is 20.5 Å². The maximum Gasteiger partial charge on any atom is 0.142 e. The molecular formula is C17H21N3O. The molecule has 0 bridgehead atoms. The van der Waals surface area contributed by atoms with Crippen molar-refractivity contribution in [2.24, 2.45) is 7.05 Å². The SMILES string of the molecule is Cc1nn(C)c(C)c1CCC(=O)C1CCc2cccnc21. The van der Waals surface area contributed by atoms with E-state index in [9.17, 15) is 4.79 Å². The Bertz CT molecular complexity index is 687. The molecule has 0 N–H and O–H groups in total. The Kier molecular flexibility index (Phi) is 3.62. The van der Waals surface area contributed by atoms with Gasteiger partial charge in [0.15, 0.2) is 0 Å². The highest BCUT2D eigenvalue weighted by Crippen LogP contribution is 2.33. The van der Waals surface area contributed by atoms with Gasteiger partial charge in [-0.05, 0) is 50.3 Å². The highest BCUT2D eigenvalue weighted by Gasteiger charge is 2.29. The van der Waals surface area contributed by atoms with E-state index in [1.165, 1.54) is 11.1 Å². The van der Waals surface area contributed by atoms with E-state index in [1.807, 2.05) is 24.7 Å². The summed E-state index contributed by atoms with van der Waals surface area (Å²) in [6.07, 6.45) is 5.04. The van der Waals surface area contributed by atoms with Crippen LogP contribution in [-0.2, 0) is 24.7 Å². The predicted molar refractivity (Wildman–Crippen MR) is 81.3 cm³/mol. The molecule has 21 heavy (non-hydrogen) atoms. The zero-order valence-electron chi connectivity index (χ0n) is 12.9. The number of Topliss-reactive ketones (excluding diaryl/α,β-unsaturated/α-hetero) is 1. The molecule has 2 aromatic rings. The summed E-state index contributed by atoms with van der Waals surface area (Å²) in [6.45, 7) is 4.07.